The van der Waals surface area contributed by atoms with Crippen molar-refractivity contribution < 1.29 is 5.11 Å². The van der Waals surface area contributed by atoms with Gasteiger partial charge in [0.05, 0.1) is 0 Å². The molecule has 0 fully saturated rings. The maximum Gasteiger partial charge on any atom is 0.115 e. The van der Waals surface area contributed by atoms with Gasteiger partial charge in [-0.05, 0) is 23.3 Å². The van der Waals surface area contributed by atoms with Crippen molar-refractivity contribution in [1.29, 1.82) is 0 Å². The molecule has 15 heavy (non-hydrogen) atoms. The zero-order chi connectivity index (χ0) is 11.0. The molecule has 1 aromatic carbocycles. The lowest BCUT2D eigenvalue weighted by Crippen LogP contribution is -2.15. The number of fused-ring (bicyclic) bond motifs is 1. The highest BCUT2D eigenvalue weighted by Crippen LogP contribution is 2.48. The number of halogens is 2. The molecule has 0 amide bonds. The first-order valence-electron chi connectivity index (χ1n) is 4.82. The molecule has 3 unspecified atom stereocenters. The van der Waals surface area contributed by atoms with Gasteiger partial charge in [0.25, 0.3) is 0 Å². The Labute approximate surface area is 111 Å². The molecule has 1 N–H and O–H groups in total. The van der Waals surface area contributed by atoms with Crippen LogP contribution in [0.5, 0.6) is 5.75 Å². The molecule has 4 heteroatoms. The molecule has 1 nitrogen and oxygen atoms in total. The Bertz CT molecular complexity index is 368. The molecule has 1 heterocycles. The normalized spacial score (nSPS) is 27.1. The second kappa shape index (κ2) is 4.68. The molecular formula is C11H12Br2OS. The number of benzene rings is 1. The number of hydrogen-bond donors (Lipinski definition) is 1. The smallest absolute Gasteiger partial charge is 0.115 e. The van der Waals surface area contributed by atoms with Crippen LogP contribution in [0, 0.1) is 0 Å². The van der Waals surface area contributed by atoms with E-state index in [-0.39, 0.29) is 0 Å². The third kappa shape index (κ3) is 2.37. The lowest BCUT2D eigenvalue weighted by atomic mass is 10.00. The Morgan fingerprint density at radius 2 is 2.20 bits per heavy atom. The van der Waals surface area contributed by atoms with E-state index >= 15 is 0 Å². The van der Waals surface area contributed by atoms with Crippen molar-refractivity contribution in [2.75, 3.05) is 5.75 Å². The minimum Gasteiger partial charge on any atom is -0.508 e. The first-order chi connectivity index (χ1) is 7.09. The third-order valence-corrected chi connectivity index (χ3v) is 6.22. The molecule has 82 valence electrons. The average Bonchev–Trinajstić information content (AvgIpc) is 2.19. The largest absolute Gasteiger partial charge is 0.508 e. The molecule has 0 spiro atoms. The zero-order valence-electron chi connectivity index (χ0n) is 8.28. The summed E-state index contributed by atoms with van der Waals surface area (Å²) in [5, 5.41) is 9.97. The van der Waals surface area contributed by atoms with E-state index in [0.717, 1.165) is 5.75 Å². The highest BCUT2D eigenvalue weighted by Gasteiger charge is 2.28. The molecule has 0 aromatic heterocycles. The Morgan fingerprint density at radius 3 is 2.87 bits per heavy atom. The topological polar surface area (TPSA) is 20.2 Å². The van der Waals surface area contributed by atoms with Gasteiger partial charge in [0.2, 0.25) is 0 Å². The van der Waals surface area contributed by atoms with Crippen LogP contribution in [-0.2, 0) is 0 Å². The van der Waals surface area contributed by atoms with Crippen LogP contribution in [0.4, 0.5) is 0 Å². The first kappa shape index (κ1) is 11.8. The molecule has 0 saturated carbocycles. The van der Waals surface area contributed by atoms with E-state index < -0.39 is 0 Å². The van der Waals surface area contributed by atoms with Crippen molar-refractivity contribution in [3.05, 3.63) is 29.3 Å². The Morgan fingerprint density at radius 1 is 1.47 bits per heavy atom. The van der Waals surface area contributed by atoms with E-state index in [9.17, 15) is 5.11 Å². The monoisotopic (exact) mass is 350 g/mol. The van der Waals surface area contributed by atoms with Crippen molar-refractivity contribution >= 4 is 43.6 Å². The lowest BCUT2D eigenvalue weighted by molar-refractivity contribution is 0.474. The van der Waals surface area contributed by atoms with Gasteiger partial charge in [-0.25, -0.2) is 0 Å². The van der Waals surface area contributed by atoms with Gasteiger partial charge in [-0.15, -0.1) is 0 Å². The average molecular weight is 352 g/mol. The van der Waals surface area contributed by atoms with Crippen LogP contribution in [0.3, 0.4) is 0 Å². The van der Waals surface area contributed by atoms with Crippen LogP contribution in [0.1, 0.15) is 28.1 Å². The number of aromatic hydroxyl groups is 1. The minimum absolute atomic E-state index is 0.353. The van der Waals surface area contributed by atoms with E-state index in [1.807, 2.05) is 23.9 Å². The molecule has 2 rings (SSSR count). The number of hydrogen-bond acceptors (Lipinski definition) is 2. The highest BCUT2D eigenvalue weighted by atomic mass is 79.9. The van der Waals surface area contributed by atoms with Crippen molar-refractivity contribution in [3.63, 3.8) is 0 Å². The van der Waals surface area contributed by atoms with E-state index in [4.69, 9.17) is 0 Å². The summed E-state index contributed by atoms with van der Waals surface area (Å²) >= 11 is 9.25. The lowest BCUT2D eigenvalue weighted by Gasteiger charge is -2.30. The van der Waals surface area contributed by atoms with Gasteiger partial charge in [0.15, 0.2) is 0 Å². The van der Waals surface area contributed by atoms with Gasteiger partial charge in [-0.2, -0.15) is 11.8 Å². The standard InChI is InChI=1S/C11H12Br2OS/c1-6(12)11-8-3-2-7(14)4-9(8)10(13)5-15-11/h2-4,6,10-11,14H,5H2,1H3. The fraction of sp³-hybridized carbons (Fsp3) is 0.455. The Balaban J connectivity index is 2.45. The van der Waals surface area contributed by atoms with Crippen molar-refractivity contribution in [1.82, 2.24) is 0 Å². The van der Waals surface area contributed by atoms with Crippen molar-refractivity contribution in [2.45, 2.75) is 21.8 Å². The van der Waals surface area contributed by atoms with E-state index in [2.05, 4.69) is 38.8 Å². The fourth-order valence-corrected chi connectivity index (χ4v) is 4.65. The van der Waals surface area contributed by atoms with Gasteiger partial charge >= 0.3 is 0 Å². The summed E-state index contributed by atoms with van der Waals surface area (Å²) in [6.45, 7) is 2.17. The summed E-state index contributed by atoms with van der Waals surface area (Å²) in [5.41, 5.74) is 2.56. The third-order valence-electron chi connectivity index (χ3n) is 2.55. The molecule has 1 aliphatic heterocycles. The van der Waals surface area contributed by atoms with Crippen LogP contribution in [-0.4, -0.2) is 15.7 Å². The molecule has 1 aliphatic rings. The number of thioether (sulfide) groups is 1. The number of alkyl halides is 2. The molecule has 0 saturated heterocycles. The SMILES string of the molecule is CC(Br)C1SCC(Br)c2cc(O)ccc21. The van der Waals surface area contributed by atoms with Gasteiger partial charge in [-0.1, -0.05) is 44.8 Å². The summed E-state index contributed by atoms with van der Waals surface area (Å²) in [7, 11) is 0. The molecule has 0 bridgehead atoms. The number of phenolic OH excluding ortho intramolecular Hbond substituents is 1. The maximum atomic E-state index is 9.49. The zero-order valence-corrected chi connectivity index (χ0v) is 12.3. The Hall–Kier alpha value is 0.330. The molecule has 1 aromatic rings. The minimum atomic E-state index is 0.353. The predicted octanol–water partition coefficient (Wildman–Crippen LogP) is 4.40. The summed E-state index contributed by atoms with van der Waals surface area (Å²) in [4.78, 5) is 0.804. The van der Waals surface area contributed by atoms with Crippen molar-refractivity contribution in [2.24, 2.45) is 0 Å². The van der Waals surface area contributed by atoms with E-state index in [0.29, 0.717) is 20.7 Å². The maximum absolute atomic E-state index is 9.49. The van der Waals surface area contributed by atoms with Crippen LogP contribution in [0.25, 0.3) is 0 Å². The molecule has 0 aliphatic carbocycles. The summed E-state index contributed by atoms with van der Waals surface area (Å²) in [6.07, 6.45) is 0. The number of rotatable bonds is 1. The van der Waals surface area contributed by atoms with Crippen LogP contribution in [0.2, 0.25) is 0 Å². The first-order valence-corrected chi connectivity index (χ1v) is 7.70. The Kier molecular flexibility index (Phi) is 3.68. The fourth-order valence-electron chi connectivity index (χ4n) is 1.84. The van der Waals surface area contributed by atoms with Gasteiger partial charge in [0.1, 0.15) is 5.75 Å². The number of phenols is 1. The van der Waals surface area contributed by atoms with Crippen LogP contribution in [0.15, 0.2) is 18.2 Å². The molecule has 0 radical (unpaired) electrons. The van der Waals surface area contributed by atoms with Crippen LogP contribution >= 0.6 is 43.6 Å². The van der Waals surface area contributed by atoms with Gasteiger partial charge < -0.3 is 5.11 Å². The second-order valence-corrected chi connectivity index (χ2v) is 7.44. The summed E-state index contributed by atoms with van der Waals surface area (Å²) in [5.74, 6) is 1.41. The summed E-state index contributed by atoms with van der Waals surface area (Å²) < 4.78 is 0. The van der Waals surface area contributed by atoms with Crippen molar-refractivity contribution in [3.8, 4) is 5.75 Å². The van der Waals surface area contributed by atoms with Gasteiger partial charge in [0, 0.05) is 20.7 Å². The predicted molar refractivity (Wildman–Crippen MR) is 73.4 cm³/mol. The van der Waals surface area contributed by atoms with Gasteiger partial charge in [-0.3, -0.25) is 0 Å². The highest BCUT2D eigenvalue weighted by molar-refractivity contribution is 9.09. The summed E-state index contributed by atoms with van der Waals surface area (Å²) in [6, 6.07) is 5.68. The van der Waals surface area contributed by atoms with Crippen LogP contribution < -0.4 is 0 Å². The second-order valence-electron chi connectivity index (χ2n) is 3.71. The quantitative estimate of drug-likeness (QED) is 0.756. The van der Waals surface area contributed by atoms with E-state index in [1.165, 1.54) is 11.1 Å². The molecular weight excluding hydrogens is 340 g/mol. The molecule has 3 atom stereocenters. The van der Waals surface area contributed by atoms with E-state index in [1.54, 1.807) is 6.07 Å².